The first-order valence-electron chi connectivity index (χ1n) is 4.97. The van der Waals surface area contributed by atoms with Gasteiger partial charge in [-0.25, -0.2) is 4.39 Å². The van der Waals surface area contributed by atoms with Gasteiger partial charge in [-0.05, 0) is 37.5 Å². The maximum absolute atomic E-state index is 13.9. The van der Waals surface area contributed by atoms with Crippen LogP contribution in [0.3, 0.4) is 0 Å². The maximum Gasteiger partial charge on any atom is 0.126 e. The third-order valence-electron chi connectivity index (χ3n) is 2.79. The Morgan fingerprint density at radius 3 is 2.42 bits per heavy atom. The van der Waals surface area contributed by atoms with Crippen LogP contribution in [0.4, 0.5) is 4.39 Å². The van der Waals surface area contributed by atoms with Crippen molar-refractivity contribution in [3.8, 4) is 0 Å². The van der Waals surface area contributed by atoms with Gasteiger partial charge in [-0.15, -0.1) is 0 Å². The van der Waals surface area contributed by atoms with Gasteiger partial charge in [0, 0.05) is 6.54 Å². The molecule has 0 heterocycles. The molecule has 1 rings (SSSR count). The number of hydrogen-bond donors (Lipinski definition) is 1. The van der Waals surface area contributed by atoms with E-state index in [0.717, 1.165) is 19.3 Å². The predicted octanol–water partition coefficient (Wildman–Crippen LogP) is 2.50. The molecule has 1 atom stereocenters. The second-order valence-electron chi connectivity index (χ2n) is 4.45. The molecule has 2 heteroatoms. The summed E-state index contributed by atoms with van der Waals surface area (Å²) in [5.41, 5.74) is 4.42. The highest BCUT2D eigenvalue weighted by Crippen LogP contribution is 2.44. The molecule has 0 bridgehead atoms. The number of hydrogen-bond acceptors (Lipinski definition) is 1. The molecule has 0 aromatic carbocycles. The van der Waals surface area contributed by atoms with Gasteiger partial charge in [-0.1, -0.05) is 13.8 Å². The zero-order valence-corrected chi connectivity index (χ0v) is 8.15. The fourth-order valence-electron chi connectivity index (χ4n) is 1.60. The van der Waals surface area contributed by atoms with E-state index < -0.39 is 5.67 Å². The van der Waals surface area contributed by atoms with Crippen LogP contribution in [0.25, 0.3) is 0 Å². The Labute approximate surface area is 74.5 Å². The summed E-state index contributed by atoms with van der Waals surface area (Å²) >= 11 is 0. The summed E-state index contributed by atoms with van der Waals surface area (Å²) in [6.07, 6.45) is 3.72. The number of alkyl halides is 1. The molecule has 0 radical (unpaired) electrons. The SMILES string of the molecule is CC(C)CCC(F)(CN)C1CC1. The number of nitrogens with two attached hydrogens (primary N) is 1. The van der Waals surface area contributed by atoms with Crippen molar-refractivity contribution in [2.24, 2.45) is 17.6 Å². The summed E-state index contributed by atoms with van der Waals surface area (Å²) < 4.78 is 13.9. The lowest BCUT2D eigenvalue weighted by Crippen LogP contribution is -2.35. The summed E-state index contributed by atoms with van der Waals surface area (Å²) in [5.74, 6) is 0.867. The zero-order valence-electron chi connectivity index (χ0n) is 8.15. The van der Waals surface area contributed by atoms with Crippen molar-refractivity contribution in [3.05, 3.63) is 0 Å². The third-order valence-corrected chi connectivity index (χ3v) is 2.79. The second kappa shape index (κ2) is 3.73. The van der Waals surface area contributed by atoms with Gasteiger partial charge in [0.2, 0.25) is 0 Å². The van der Waals surface area contributed by atoms with Gasteiger partial charge in [0.15, 0.2) is 0 Å². The molecule has 0 amide bonds. The zero-order chi connectivity index (χ0) is 9.19. The Balaban J connectivity index is 2.33. The van der Waals surface area contributed by atoms with Crippen LogP contribution < -0.4 is 5.73 Å². The molecule has 0 saturated heterocycles. The van der Waals surface area contributed by atoms with Gasteiger partial charge in [0.05, 0.1) is 0 Å². The van der Waals surface area contributed by atoms with Gasteiger partial charge in [-0.2, -0.15) is 0 Å². The van der Waals surface area contributed by atoms with Gasteiger partial charge < -0.3 is 5.73 Å². The molecule has 0 spiro atoms. The lowest BCUT2D eigenvalue weighted by Gasteiger charge is -2.24. The fraction of sp³-hybridized carbons (Fsp3) is 1.00. The molecule has 72 valence electrons. The van der Waals surface area contributed by atoms with Crippen LogP contribution in [0, 0.1) is 11.8 Å². The van der Waals surface area contributed by atoms with Crippen molar-refractivity contribution < 1.29 is 4.39 Å². The van der Waals surface area contributed by atoms with Crippen LogP contribution in [0.15, 0.2) is 0 Å². The van der Waals surface area contributed by atoms with Crippen LogP contribution in [0.5, 0.6) is 0 Å². The summed E-state index contributed by atoms with van der Waals surface area (Å²) in [7, 11) is 0. The molecule has 0 aliphatic heterocycles. The highest BCUT2D eigenvalue weighted by atomic mass is 19.1. The highest BCUT2D eigenvalue weighted by Gasteiger charge is 2.44. The molecule has 0 aromatic heterocycles. The first-order chi connectivity index (χ1) is 5.58. The van der Waals surface area contributed by atoms with Gasteiger partial charge >= 0.3 is 0 Å². The summed E-state index contributed by atoms with van der Waals surface area (Å²) in [5, 5.41) is 0. The van der Waals surface area contributed by atoms with E-state index >= 15 is 0 Å². The van der Waals surface area contributed by atoms with Crippen LogP contribution in [-0.4, -0.2) is 12.2 Å². The predicted molar refractivity (Wildman–Crippen MR) is 49.7 cm³/mol. The highest BCUT2D eigenvalue weighted by molar-refractivity contribution is 4.95. The largest absolute Gasteiger partial charge is 0.328 e. The molecular weight excluding hydrogens is 153 g/mol. The number of halogens is 1. The number of rotatable bonds is 5. The van der Waals surface area contributed by atoms with E-state index in [9.17, 15) is 4.39 Å². The molecule has 1 nitrogen and oxygen atoms in total. The van der Waals surface area contributed by atoms with Crippen LogP contribution in [0.1, 0.15) is 39.5 Å². The molecule has 1 fully saturated rings. The molecule has 1 unspecified atom stereocenters. The summed E-state index contributed by atoms with van der Waals surface area (Å²) in [6, 6.07) is 0. The summed E-state index contributed by atoms with van der Waals surface area (Å²) in [4.78, 5) is 0. The van der Waals surface area contributed by atoms with Crippen molar-refractivity contribution in [3.63, 3.8) is 0 Å². The van der Waals surface area contributed by atoms with E-state index in [-0.39, 0.29) is 12.5 Å². The van der Waals surface area contributed by atoms with Crippen molar-refractivity contribution >= 4 is 0 Å². The van der Waals surface area contributed by atoms with E-state index in [4.69, 9.17) is 5.73 Å². The van der Waals surface area contributed by atoms with Crippen LogP contribution in [-0.2, 0) is 0 Å². The monoisotopic (exact) mass is 173 g/mol. The van der Waals surface area contributed by atoms with E-state index in [0.29, 0.717) is 12.3 Å². The molecule has 1 aliphatic rings. The second-order valence-corrected chi connectivity index (χ2v) is 4.45. The van der Waals surface area contributed by atoms with E-state index in [1.54, 1.807) is 0 Å². The smallest absolute Gasteiger partial charge is 0.126 e. The normalized spacial score (nSPS) is 22.8. The van der Waals surface area contributed by atoms with Crippen molar-refractivity contribution in [1.82, 2.24) is 0 Å². The Bertz CT molecular complexity index is 143. The Kier molecular flexibility index (Phi) is 3.10. The van der Waals surface area contributed by atoms with Crippen molar-refractivity contribution in [2.45, 2.75) is 45.2 Å². The minimum atomic E-state index is -1.04. The minimum Gasteiger partial charge on any atom is -0.328 e. The Hall–Kier alpha value is -0.110. The first-order valence-corrected chi connectivity index (χ1v) is 4.97. The third kappa shape index (κ3) is 2.44. The average molecular weight is 173 g/mol. The van der Waals surface area contributed by atoms with Crippen molar-refractivity contribution in [2.75, 3.05) is 6.54 Å². The maximum atomic E-state index is 13.9. The Morgan fingerprint density at radius 2 is 2.08 bits per heavy atom. The molecule has 2 N–H and O–H groups in total. The van der Waals surface area contributed by atoms with E-state index in [1.165, 1.54) is 0 Å². The molecule has 12 heavy (non-hydrogen) atoms. The van der Waals surface area contributed by atoms with Crippen LogP contribution >= 0.6 is 0 Å². The fourth-order valence-corrected chi connectivity index (χ4v) is 1.60. The van der Waals surface area contributed by atoms with Crippen LogP contribution in [0.2, 0.25) is 0 Å². The van der Waals surface area contributed by atoms with Gasteiger partial charge in [0.1, 0.15) is 5.67 Å². The quantitative estimate of drug-likeness (QED) is 0.679. The average Bonchev–Trinajstić information content (AvgIpc) is 2.82. The Morgan fingerprint density at radius 1 is 1.50 bits per heavy atom. The lowest BCUT2D eigenvalue weighted by molar-refractivity contribution is 0.121. The lowest BCUT2D eigenvalue weighted by atomic mass is 9.91. The van der Waals surface area contributed by atoms with Gasteiger partial charge in [0.25, 0.3) is 0 Å². The van der Waals surface area contributed by atoms with Crippen molar-refractivity contribution in [1.29, 1.82) is 0 Å². The molecule has 1 saturated carbocycles. The van der Waals surface area contributed by atoms with E-state index in [1.807, 2.05) is 0 Å². The molecule has 1 aliphatic carbocycles. The summed E-state index contributed by atoms with van der Waals surface area (Å²) in [6.45, 7) is 4.47. The first kappa shape index (κ1) is 9.97. The van der Waals surface area contributed by atoms with E-state index in [2.05, 4.69) is 13.8 Å². The standard InChI is InChI=1S/C10H20FN/c1-8(2)5-6-10(11,7-12)9-3-4-9/h8-9H,3-7,12H2,1-2H3. The topological polar surface area (TPSA) is 26.0 Å². The molecule has 0 aromatic rings. The van der Waals surface area contributed by atoms with Gasteiger partial charge in [-0.3, -0.25) is 0 Å². The molecular formula is C10H20FN. The minimum absolute atomic E-state index is 0.213.